The predicted octanol–water partition coefficient (Wildman–Crippen LogP) is 1.52. The van der Waals surface area contributed by atoms with E-state index in [9.17, 15) is 9.59 Å². The van der Waals surface area contributed by atoms with Crippen molar-refractivity contribution < 1.29 is 14.3 Å². The summed E-state index contributed by atoms with van der Waals surface area (Å²) in [6.45, 7) is 3.72. The van der Waals surface area contributed by atoms with Crippen molar-refractivity contribution in [1.29, 1.82) is 0 Å². The molecule has 5 nitrogen and oxygen atoms in total. The van der Waals surface area contributed by atoms with Crippen molar-refractivity contribution in [3.8, 4) is 0 Å². The molecule has 5 heteroatoms. The Kier molecular flexibility index (Phi) is 3.25. The summed E-state index contributed by atoms with van der Waals surface area (Å²) in [6, 6.07) is -0.228. The van der Waals surface area contributed by atoms with Crippen molar-refractivity contribution in [3.63, 3.8) is 0 Å². The van der Waals surface area contributed by atoms with Crippen LogP contribution >= 0.6 is 0 Å². The van der Waals surface area contributed by atoms with Gasteiger partial charge in [-0.15, -0.1) is 0 Å². The second kappa shape index (κ2) is 4.78. The highest BCUT2D eigenvalue weighted by molar-refractivity contribution is 6.07. The van der Waals surface area contributed by atoms with Gasteiger partial charge in [0.1, 0.15) is 5.54 Å². The largest absolute Gasteiger partial charge is 0.378 e. The molecule has 2 aliphatic heterocycles. The summed E-state index contributed by atoms with van der Waals surface area (Å²) in [5, 5.41) is 2.84. The van der Waals surface area contributed by atoms with Gasteiger partial charge >= 0.3 is 6.03 Å². The van der Waals surface area contributed by atoms with Crippen LogP contribution in [0.25, 0.3) is 0 Å². The van der Waals surface area contributed by atoms with Gasteiger partial charge in [-0.25, -0.2) is 4.79 Å². The fourth-order valence-corrected chi connectivity index (χ4v) is 3.66. The van der Waals surface area contributed by atoms with Crippen LogP contribution in [0.5, 0.6) is 0 Å². The average Bonchev–Trinajstić information content (AvgIpc) is 2.92. The fraction of sp³-hybridized carbons (Fsp3) is 0.857. The molecule has 3 amide bonds. The van der Waals surface area contributed by atoms with E-state index in [1.165, 1.54) is 17.7 Å². The van der Waals surface area contributed by atoms with Crippen molar-refractivity contribution in [2.45, 2.75) is 44.6 Å². The van der Waals surface area contributed by atoms with Crippen molar-refractivity contribution in [2.75, 3.05) is 19.8 Å². The summed E-state index contributed by atoms with van der Waals surface area (Å²) in [6.07, 6.45) is 5.35. The maximum Gasteiger partial charge on any atom is 0.325 e. The maximum absolute atomic E-state index is 12.5. The minimum absolute atomic E-state index is 0.0757. The third-order valence-corrected chi connectivity index (χ3v) is 4.75. The first-order chi connectivity index (χ1) is 9.11. The molecule has 1 aliphatic carbocycles. The van der Waals surface area contributed by atoms with Gasteiger partial charge < -0.3 is 10.1 Å². The summed E-state index contributed by atoms with van der Waals surface area (Å²) in [5.74, 6) is 1.10. The van der Waals surface area contributed by atoms with E-state index in [0.717, 1.165) is 12.8 Å². The van der Waals surface area contributed by atoms with Crippen LogP contribution in [0.15, 0.2) is 0 Å². The van der Waals surface area contributed by atoms with Gasteiger partial charge in [0, 0.05) is 19.6 Å². The molecule has 2 heterocycles. The zero-order valence-electron chi connectivity index (χ0n) is 11.5. The van der Waals surface area contributed by atoms with Gasteiger partial charge in [0.05, 0.1) is 6.61 Å². The quantitative estimate of drug-likeness (QED) is 0.771. The molecule has 1 spiro atoms. The molecule has 2 saturated heterocycles. The Balaban J connectivity index is 1.67. The fourth-order valence-electron chi connectivity index (χ4n) is 3.66. The molecule has 0 aromatic rings. The molecule has 1 N–H and O–H groups in total. The van der Waals surface area contributed by atoms with Gasteiger partial charge in [-0.1, -0.05) is 19.8 Å². The lowest BCUT2D eigenvalue weighted by molar-refractivity contribution is -0.131. The summed E-state index contributed by atoms with van der Waals surface area (Å²) in [7, 11) is 0. The molecule has 19 heavy (non-hydrogen) atoms. The van der Waals surface area contributed by atoms with Gasteiger partial charge in [0.2, 0.25) is 0 Å². The number of carbonyl (C=O) groups is 2. The molecular weight excluding hydrogens is 244 g/mol. The lowest BCUT2D eigenvalue weighted by atomic mass is 9.82. The summed E-state index contributed by atoms with van der Waals surface area (Å²) in [5.41, 5.74) is -0.753. The highest BCUT2D eigenvalue weighted by Gasteiger charge is 2.53. The highest BCUT2D eigenvalue weighted by atomic mass is 16.5. The molecule has 1 saturated carbocycles. The molecule has 3 fully saturated rings. The van der Waals surface area contributed by atoms with Crippen LogP contribution < -0.4 is 5.32 Å². The van der Waals surface area contributed by atoms with Gasteiger partial charge in [0.25, 0.3) is 5.91 Å². The summed E-state index contributed by atoms with van der Waals surface area (Å²) in [4.78, 5) is 25.9. The van der Waals surface area contributed by atoms with E-state index in [0.29, 0.717) is 38.0 Å². The number of urea groups is 1. The molecule has 0 radical (unpaired) electrons. The smallest absolute Gasteiger partial charge is 0.325 e. The molecule has 0 aromatic carbocycles. The van der Waals surface area contributed by atoms with Crippen LogP contribution in [0, 0.1) is 11.8 Å². The topological polar surface area (TPSA) is 58.6 Å². The van der Waals surface area contributed by atoms with Crippen LogP contribution in [0.1, 0.15) is 39.0 Å². The summed E-state index contributed by atoms with van der Waals surface area (Å²) >= 11 is 0. The SMILES string of the molecule is CC1CCCC(CN2C(=O)NC3(CCOC3)C2=O)C1. The normalized spacial score (nSPS) is 39.1. The number of carbonyl (C=O) groups excluding carboxylic acids is 2. The average molecular weight is 266 g/mol. The Morgan fingerprint density at radius 2 is 2.26 bits per heavy atom. The van der Waals surface area contributed by atoms with Gasteiger partial charge in [0.15, 0.2) is 0 Å². The standard InChI is InChI=1S/C14H22N2O3/c1-10-3-2-4-11(7-10)8-16-12(17)14(15-13(16)18)5-6-19-9-14/h10-11H,2-9H2,1H3,(H,15,18). The first-order valence-electron chi connectivity index (χ1n) is 7.32. The Labute approximate surface area is 113 Å². The Morgan fingerprint density at radius 3 is 2.95 bits per heavy atom. The van der Waals surface area contributed by atoms with Crippen LogP contribution in [-0.4, -0.2) is 42.1 Å². The zero-order chi connectivity index (χ0) is 13.5. The number of amides is 3. The molecule has 3 atom stereocenters. The van der Waals surface area contributed by atoms with E-state index < -0.39 is 5.54 Å². The summed E-state index contributed by atoms with van der Waals surface area (Å²) < 4.78 is 5.29. The number of rotatable bonds is 2. The minimum atomic E-state index is -0.753. The third-order valence-electron chi connectivity index (χ3n) is 4.75. The van der Waals surface area contributed by atoms with E-state index in [4.69, 9.17) is 4.74 Å². The van der Waals surface area contributed by atoms with E-state index in [1.807, 2.05) is 0 Å². The first kappa shape index (κ1) is 12.9. The van der Waals surface area contributed by atoms with E-state index in [-0.39, 0.29) is 11.9 Å². The van der Waals surface area contributed by atoms with E-state index >= 15 is 0 Å². The monoisotopic (exact) mass is 266 g/mol. The van der Waals surface area contributed by atoms with Crippen LogP contribution in [0.3, 0.4) is 0 Å². The number of imide groups is 1. The van der Waals surface area contributed by atoms with E-state index in [2.05, 4.69) is 12.2 Å². The zero-order valence-corrected chi connectivity index (χ0v) is 11.5. The third kappa shape index (κ3) is 2.24. The Bertz CT molecular complexity index is 390. The molecule has 0 bridgehead atoms. The lowest BCUT2D eigenvalue weighted by Crippen LogP contribution is -2.47. The van der Waals surface area contributed by atoms with Crippen molar-refractivity contribution in [3.05, 3.63) is 0 Å². The molecule has 0 aromatic heterocycles. The van der Waals surface area contributed by atoms with Crippen molar-refractivity contribution in [1.82, 2.24) is 10.2 Å². The number of hydrogen-bond acceptors (Lipinski definition) is 3. The number of nitrogens with one attached hydrogen (secondary N) is 1. The highest BCUT2D eigenvalue weighted by Crippen LogP contribution is 2.32. The van der Waals surface area contributed by atoms with Crippen LogP contribution in [0.4, 0.5) is 4.79 Å². The second-order valence-electron chi connectivity index (χ2n) is 6.37. The molecule has 3 aliphatic rings. The van der Waals surface area contributed by atoms with Crippen LogP contribution in [-0.2, 0) is 9.53 Å². The van der Waals surface area contributed by atoms with Gasteiger partial charge in [-0.3, -0.25) is 9.69 Å². The molecule has 3 rings (SSSR count). The Morgan fingerprint density at radius 1 is 1.42 bits per heavy atom. The first-order valence-corrected chi connectivity index (χ1v) is 7.32. The van der Waals surface area contributed by atoms with Gasteiger partial charge in [-0.05, 0) is 24.7 Å². The number of nitrogens with zero attached hydrogens (tertiary/aromatic N) is 1. The van der Waals surface area contributed by atoms with Crippen molar-refractivity contribution >= 4 is 11.9 Å². The molecule has 3 unspecified atom stereocenters. The van der Waals surface area contributed by atoms with E-state index in [1.54, 1.807) is 0 Å². The predicted molar refractivity (Wildman–Crippen MR) is 69.5 cm³/mol. The minimum Gasteiger partial charge on any atom is -0.378 e. The molecular formula is C14H22N2O3. The number of ether oxygens (including phenoxy) is 1. The molecule has 106 valence electrons. The van der Waals surface area contributed by atoms with Crippen molar-refractivity contribution in [2.24, 2.45) is 11.8 Å². The lowest BCUT2D eigenvalue weighted by Gasteiger charge is -2.29. The van der Waals surface area contributed by atoms with Crippen LogP contribution in [0.2, 0.25) is 0 Å². The maximum atomic E-state index is 12.5. The Hall–Kier alpha value is -1.10. The second-order valence-corrected chi connectivity index (χ2v) is 6.37. The number of hydrogen-bond donors (Lipinski definition) is 1. The van der Waals surface area contributed by atoms with Gasteiger partial charge in [-0.2, -0.15) is 0 Å².